The van der Waals surface area contributed by atoms with Gasteiger partial charge in [-0.1, -0.05) is 12.1 Å². The van der Waals surface area contributed by atoms with Crippen molar-refractivity contribution >= 4 is 26.6 Å². The number of fused-ring (bicyclic) bond motifs is 3. The van der Waals surface area contributed by atoms with Gasteiger partial charge in [-0.15, -0.1) is 4.91 Å². The van der Waals surface area contributed by atoms with E-state index >= 15 is 0 Å². The highest BCUT2D eigenvalue weighted by Gasteiger charge is 2.24. The number of hydrogen-bond acceptors (Lipinski definition) is 6. The first-order valence-electron chi connectivity index (χ1n) is 8.34. The first-order valence-corrected chi connectivity index (χ1v) is 9.88. The fraction of sp³-hybridized carbons (Fsp3) is 0.222. The highest BCUT2D eigenvalue weighted by molar-refractivity contribution is 7.89. The molecule has 0 aliphatic carbocycles. The molecule has 140 valence electrons. The molecule has 8 nitrogen and oxygen atoms in total. The van der Waals surface area contributed by atoms with Crippen molar-refractivity contribution in [3.8, 4) is 17.0 Å². The molecule has 2 heterocycles. The van der Waals surface area contributed by atoms with Gasteiger partial charge in [0.15, 0.2) is 5.69 Å². The number of rotatable bonds is 3. The maximum atomic E-state index is 11.5. The van der Waals surface area contributed by atoms with Crippen LogP contribution in [0.4, 0.5) is 5.69 Å². The number of sulfonamides is 1. The molecule has 0 radical (unpaired) electrons. The van der Waals surface area contributed by atoms with Gasteiger partial charge in [-0.25, -0.2) is 13.6 Å². The Morgan fingerprint density at radius 2 is 1.93 bits per heavy atom. The lowest BCUT2D eigenvalue weighted by atomic mass is 9.89. The number of H-pyrrole nitrogens is 1. The molecule has 3 aromatic rings. The van der Waals surface area contributed by atoms with Crippen molar-refractivity contribution in [2.45, 2.75) is 17.9 Å². The van der Waals surface area contributed by atoms with Crippen LogP contribution >= 0.6 is 0 Å². The number of primary sulfonamides is 1. The average molecular weight is 386 g/mol. The highest BCUT2D eigenvalue weighted by atomic mass is 32.2. The summed E-state index contributed by atoms with van der Waals surface area (Å²) < 4.78 is 23.0. The van der Waals surface area contributed by atoms with Crippen LogP contribution in [0.25, 0.3) is 22.0 Å². The second-order valence-electron chi connectivity index (χ2n) is 6.77. The first kappa shape index (κ1) is 17.7. The molecular formula is C18H18N4O4S. The smallest absolute Gasteiger partial charge is 0.238 e. The van der Waals surface area contributed by atoms with Gasteiger partial charge in [0.05, 0.1) is 10.4 Å². The van der Waals surface area contributed by atoms with Crippen molar-refractivity contribution in [1.82, 2.24) is 9.88 Å². The van der Waals surface area contributed by atoms with E-state index in [0.717, 1.165) is 35.2 Å². The molecule has 0 saturated heterocycles. The summed E-state index contributed by atoms with van der Waals surface area (Å²) >= 11 is 0. The van der Waals surface area contributed by atoms with Gasteiger partial charge >= 0.3 is 0 Å². The van der Waals surface area contributed by atoms with Crippen molar-refractivity contribution in [2.75, 3.05) is 13.6 Å². The summed E-state index contributed by atoms with van der Waals surface area (Å²) in [5.41, 5.74) is 4.47. The van der Waals surface area contributed by atoms with Crippen LogP contribution in [0.1, 0.15) is 11.1 Å². The highest BCUT2D eigenvalue weighted by Crippen LogP contribution is 2.43. The lowest BCUT2D eigenvalue weighted by Crippen LogP contribution is -2.27. The summed E-state index contributed by atoms with van der Waals surface area (Å²) in [5.74, 6) is -0.253. The zero-order valence-corrected chi connectivity index (χ0v) is 15.4. The summed E-state index contributed by atoms with van der Waals surface area (Å²) in [7, 11) is -1.77. The van der Waals surface area contributed by atoms with E-state index in [1.165, 1.54) is 12.1 Å². The summed E-state index contributed by atoms with van der Waals surface area (Å²) in [5, 5.41) is 18.7. The predicted molar refractivity (Wildman–Crippen MR) is 102 cm³/mol. The second kappa shape index (κ2) is 6.15. The standard InChI is InChI=1S/C18H18N4O4S/c1-22-7-6-12-13(10-2-4-11(5-3-10)27(19,25)26)8-14-16(15(12)9-22)20-18(23)17(14)21-24/h2-5,8,20,23H,6-7,9H2,1H3,(H2,19,25,26). The second-order valence-corrected chi connectivity index (χ2v) is 8.34. The Morgan fingerprint density at radius 1 is 1.22 bits per heavy atom. The number of nitrogens with one attached hydrogen (secondary N) is 1. The summed E-state index contributed by atoms with van der Waals surface area (Å²) in [4.78, 5) is 16.3. The molecule has 0 saturated carbocycles. The third kappa shape index (κ3) is 2.89. The predicted octanol–water partition coefficient (Wildman–Crippen LogP) is 2.57. The Morgan fingerprint density at radius 3 is 2.56 bits per heavy atom. The van der Waals surface area contributed by atoms with Crippen molar-refractivity contribution in [1.29, 1.82) is 0 Å². The minimum atomic E-state index is -3.77. The summed E-state index contributed by atoms with van der Waals surface area (Å²) in [6, 6.07) is 8.13. The van der Waals surface area contributed by atoms with E-state index in [9.17, 15) is 18.4 Å². The van der Waals surface area contributed by atoms with Crippen LogP contribution < -0.4 is 5.14 Å². The minimum absolute atomic E-state index is 0.0246. The van der Waals surface area contributed by atoms with Crippen molar-refractivity contribution in [2.24, 2.45) is 10.3 Å². The molecule has 1 aromatic heterocycles. The molecule has 0 unspecified atom stereocenters. The molecule has 4 rings (SSSR count). The Bertz CT molecular complexity index is 1170. The Hall–Kier alpha value is -2.75. The third-order valence-electron chi connectivity index (χ3n) is 5.03. The molecular weight excluding hydrogens is 368 g/mol. The molecule has 0 spiro atoms. The summed E-state index contributed by atoms with van der Waals surface area (Å²) in [6.45, 7) is 1.53. The number of aromatic amines is 1. The summed E-state index contributed by atoms with van der Waals surface area (Å²) in [6.07, 6.45) is 0.789. The van der Waals surface area contributed by atoms with Crippen LogP contribution in [0.5, 0.6) is 5.88 Å². The van der Waals surface area contributed by atoms with E-state index in [1.807, 2.05) is 13.1 Å². The number of aromatic hydroxyl groups is 1. The SMILES string of the molecule is CN1CCc2c(-c3ccc(S(N)(=O)=O)cc3)cc3c(N=O)c(O)[nH]c3c2C1. The lowest BCUT2D eigenvalue weighted by molar-refractivity contribution is 0.314. The number of likely N-dealkylation sites (N-methyl/N-ethyl adjacent to an activating group) is 1. The number of hydrogen-bond donors (Lipinski definition) is 3. The fourth-order valence-electron chi connectivity index (χ4n) is 3.70. The lowest BCUT2D eigenvalue weighted by Gasteiger charge is -2.27. The molecule has 0 fully saturated rings. The van der Waals surface area contributed by atoms with Crippen LogP contribution in [0.3, 0.4) is 0 Å². The van der Waals surface area contributed by atoms with Crippen molar-refractivity contribution < 1.29 is 13.5 Å². The Kier molecular flexibility index (Phi) is 4.02. The zero-order valence-electron chi connectivity index (χ0n) is 14.6. The minimum Gasteiger partial charge on any atom is -0.493 e. The molecule has 27 heavy (non-hydrogen) atoms. The average Bonchev–Trinajstić information content (AvgIpc) is 2.95. The largest absolute Gasteiger partial charge is 0.493 e. The van der Waals surface area contributed by atoms with E-state index in [-0.39, 0.29) is 16.5 Å². The Labute approximate surface area is 155 Å². The van der Waals surface area contributed by atoms with Crippen LogP contribution in [-0.2, 0) is 23.0 Å². The van der Waals surface area contributed by atoms with Crippen LogP contribution in [0, 0.1) is 4.91 Å². The maximum Gasteiger partial charge on any atom is 0.238 e. The number of aromatic nitrogens is 1. The third-order valence-corrected chi connectivity index (χ3v) is 5.96. The first-order chi connectivity index (χ1) is 12.8. The van der Waals surface area contributed by atoms with E-state index < -0.39 is 10.0 Å². The Balaban J connectivity index is 1.99. The van der Waals surface area contributed by atoms with Crippen LogP contribution in [0.15, 0.2) is 40.4 Å². The molecule has 0 atom stereocenters. The van der Waals surface area contributed by atoms with Gasteiger partial charge in [-0.05, 0) is 59.1 Å². The van der Waals surface area contributed by atoms with Crippen molar-refractivity contribution in [3.05, 3.63) is 46.4 Å². The van der Waals surface area contributed by atoms with Gasteiger partial charge in [-0.3, -0.25) is 0 Å². The van der Waals surface area contributed by atoms with Crippen LogP contribution in [-0.4, -0.2) is 37.0 Å². The van der Waals surface area contributed by atoms with E-state index in [4.69, 9.17) is 5.14 Å². The monoisotopic (exact) mass is 386 g/mol. The van der Waals surface area contributed by atoms with Gasteiger partial charge in [0, 0.05) is 18.5 Å². The van der Waals surface area contributed by atoms with E-state index in [2.05, 4.69) is 15.1 Å². The number of benzene rings is 2. The van der Waals surface area contributed by atoms with Gasteiger partial charge in [0.25, 0.3) is 0 Å². The molecule has 0 amide bonds. The zero-order chi connectivity index (χ0) is 19.3. The van der Waals surface area contributed by atoms with Gasteiger partial charge in [0.1, 0.15) is 0 Å². The topological polar surface area (TPSA) is 129 Å². The van der Waals surface area contributed by atoms with E-state index in [1.54, 1.807) is 12.1 Å². The molecule has 1 aliphatic rings. The number of nitroso groups, excluding NO2 is 1. The molecule has 0 bridgehead atoms. The molecule has 9 heteroatoms. The normalized spacial score (nSPS) is 15.0. The van der Waals surface area contributed by atoms with Gasteiger partial charge in [-0.2, -0.15) is 0 Å². The molecule has 1 aliphatic heterocycles. The number of nitrogens with zero attached hydrogens (tertiary/aromatic N) is 2. The quantitative estimate of drug-likeness (QED) is 0.596. The number of nitrogens with two attached hydrogens (primary N) is 1. The molecule has 2 aromatic carbocycles. The van der Waals surface area contributed by atoms with Gasteiger partial charge in [0.2, 0.25) is 15.9 Å². The molecule has 4 N–H and O–H groups in total. The van der Waals surface area contributed by atoms with Gasteiger partial charge < -0.3 is 15.0 Å². The maximum absolute atomic E-state index is 11.5. The van der Waals surface area contributed by atoms with Crippen molar-refractivity contribution in [3.63, 3.8) is 0 Å². The van der Waals surface area contributed by atoms with E-state index in [0.29, 0.717) is 17.4 Å². The van der Waals surface area contributed by atoms with Crippen LogP contribution in [0.2, 0.25) is 0 Å². The fourth-order valence-corrected chi connectivity index (χ4v) is 4.22.